The van der Waals surface area contributed by atoms with Gasteiger partial charge in [0, 0.05) is 19.4 Å². The molecule has 0 saturated carbocycles. The van der Waals surface area contributed by atoms with Gasteiger partial charge >= 0.3 is 0 Å². The highest BCUT2D eigenvalue weighted by molar-refractivity contribution is 7.90. The van der Waals surface area contributed by atoms with Gasteiger partial charge in [-0.05, 0) is 41.8 Å². The molecule has 0 fully saturated rings. The van der Waals surface area contributed by atoms with Gasteiger partial charge in [0.15, 0.2) is 9.84 Å². The molecule has 2 atom stereocenters. The summed E-state index contributed by atoms with van der Waals surface area (Å²) >= 11 is 0. The van der Waals surface area contributed by atoms with Crippen molar-refractivity contribution in [2.45, 2.75) is 37.2 Å². The first kappa shape index (κ1) is 20.8. The third-order valence-electron chi connectivity index (χ3n) is 5.03. The maximum atomic E-state index is 12.7. The number of benzene rings is 2. The first-order chi connectivity index (χ1) is 13.7. The lowest BCUT2D eigenvalue weighted by atomic mass is 9.93. The van der Waals surface area contributed by atoms with E-state index in [0.717, 1.165) is 22.9 Å². The van der Waals surface area contributed by atoms with Crippen molar-refractivity contribution in [3.05, 3.63) is 71.4 Å². The van der Waals surface area contributed by atoms with Crippen molar-refractivity contribution in [1.82, 2.24) is 10.2 Å². The zero-order chi connectivity index (χ0) is 21.2. The van der Waals surface area contributed by atoms with E-state index in [4.69, 9.17) is 0 Å². The van der Waals surface area contributed by atoms with Gasteiger partial charge in [0.25, 0.3) is 0 Å². The Morgan fingerprint density at radius 2 is 1.76 bits per heavy atom. The number of hydrogen-bond donors (Lipinski definition) is 1. The second-order valence-corrected chi connectivity index (χ2v) is 9.24. The smallest absolute Gasteiger partial charge is 0.223 e. The van der Waals surface area contributed by atoms with Gasteiger partial charge in [-0.3, -0.25) is 9.59 Å². The lowest BCUT2D eigenvalue weighted by molar-refractivity contribution is -0.130. The highest BCUT2D eigenvalue weighted by Crippen LogP contribution is 2.33. The second-order valence-electron chi connectivity index (χ2n) is 7.22. The maximum absolute atomic E-state index is 12.7. The Kier molecular flexibility index (Phi) is 5.88. The molecule has 0 aromatic heterocycles. The number of sulfone groups is 1. The Morgan fingerprint density at radius 1 is 1.10 bits per heavy atom. The summed E-state index contributed by atoms with van der Waals surface area (Å²) in [6.07, 6.45) is 4.88. The molecule has 1 heterocycles. The topological polar surface area (TPSA) is 83.6 Å². The summed E-state index contributed by atoms with van der Waals surface area (Å²) in [4.78, 5) is 26.6. The number of carbonyl (C=O) groups is 2. The minimum absolute atomic E-state index is 0.127. The molecule has 0 unspecified atom stereocenters. The SMILES string of the molecule is CC(=O)N1C=Cc2ccccc2[C@H]1CC(=O)N[C@H](C)c1ccc(S(C)(=O)=O)cc1. The number of amides is 2. The van der Waals surface area contributed by atoms with Gasteiger partial charge in [0.1, 0.15) is 0 Å². The maximum Gasteiger partial charge on any atom is 0.223 e. The van der Waals surface area contributed by atoms with Crippen LogP contribution in [0.5, 0.6) is 0 Å². The third kappa shape index (κ3) is 4.74. The van der Waals surface area contributed by atoms with Crippen LogP contribution in [0.3, 0.4) is 0 Å². The zero-order valence-electron chi connectivity index (χ0n) is 16.6. The molecule has 1 aliphatic rings. The Labute approximate surface area is 171 Å². The number of carbonyl (C=O) groups excluding carboxylic acids is 2. The molecule has 7 heteroatoms. The molecule has 0 saturated heterocycles. The van der Waals surface area contributed by atoms with Crippen LogP contribution < -0.4 is 5.32 Å². The first-order valence-electron chi connectivity index (χ1n) is 9.32. The summed E-state index contributed by atoms with van der Waals surface area (Å²) in [5, 5.41) is 2.94. The lowest BCUT2D eigenvalue weighted by Crippen LogP contribution is -2.36. The Balaban J connectivity index is 1.73. The number of hydrogen-bond acceptors (Lipinski definition) is 4. The molecule has 1 aliphatic heterocycles. The molecule has 1 N–H and O–H groups in total. The van der Waals surface area contributed by atoms with Crippen LogP contribution in [0.15, 0.2) is 59.6 Å². The summed E-state index contributed by atoms with van der Waals surface area (Å²) in [5.74, 6) is -0.316. The Bertz CT molecular complexity index is 1060. The molecule has 2 aromatic carbocycles. The van der Waals surface area contributed by atoms with Crippen molar-refractivity contribution in [2.24, 2.45) is 0 Å². The molecular weight excluding hydrogens is 388 g/mol. The molecule has 2 amide bonds. The standard InChI is InChI=1S/C22H24N2O4S/c1-15(17-8-10-19(11-9-17)29(3,27)28)23-22(26)14-21-20-7-5-4-6-18(20)12-13-24(21)16(2)25/h4-13,15,21H,14H2,1-3H3,(H,23,26)/t15-,21-/m1/s1. The number of fused-ring (bicyclic) bond motifs is 1. The Morgan fingerprint density at radius 3 is 2.38 bits per heavy atom. The molecule has 29 heavy (non-hydrogen) atoms. The molecule has 152 valence electrons. The van der Waals surface area contributed by atoms with E-state index in [1.54, 1.807) is 23.2 Å². The molecule has 0 bridgehead atoms. The normalized spacial score (nSPS) is 16.8. The summed E-state index contributed by atoms with van der Waals surface area (Å²) in [5.41, 5.74) is 2.73. The van der Waals surface area contributed by atoms with Gasteiger partial charge in [-0.2, -0.15) is 0 Å². The zero-order valence-corrected chi connectivity index (χ0v) is 17.4. The molecule has 0 spiro atoms. The predicted molar refractivity (Wildman–Crippen MR) is 111 cm³/mol. The van der Waals surface area contributed by atoms with Crippen molar-refractivity contribution < 1.29 is 18.0 Å². The van der Waals surface area contributed by atoms with Crippen LogP contribution in [-0.4, -0.2) is 31.4 Å². The van der Waals surface area contributed by atoms with E-state index in [-0.39, 0.29) is 35.2 Å². The van der Waals surface area contributed by atoms with E-state index in [2.05, 4.69) is 5.32 Å². The molecule has 3 rings (SSSR count). The monoisotopic (exact) mass is 412 g/mol. The van der Waals surface area contributed by atoms with Gasteiger partial charge in [0.2, 0.25) is 11.8 Å². The second kappa shape index (κ2) is 8.21. The van der Waals surface area contributed by atoms with E-state index >= 15 is 0 Å². The van der Waals surface area contributed by atoms with E-state index in [1.165, 1.54) is 19.1 Å². The summed E-state index contributed by atoms with van der Waals surface area (Å²) in [6, 6.07) is 13.5. The van der Waals surface area contributed by atoms with E-state index in [0.29, 0.717) is 0 Å². The fourth-order valence-electron chi connectivity index (χ4n) is 3.48. The van der Waals surface area contributed by atoms with Crippen LogP contribution in [0.25, 0.3) is 6.08 Å². The van der Waals surface area contributed by atoms with Gasteiger partial charge in [-0.1, -0.05) is 36.4 Å². The largest absolute Gasteiger partial charge is 0.350 e. The molecule has 2 aromatic rings. The fraction of sp³-hybridized carbons (Fsp3) is 0.273. The van der Waals surface area contributed by atoms with Crippen molar-refractivity contribution in [1.29, 1.82) is 0 Å². The number of nitrogens with one attached hydrogen (secondary N) is 1. The van der Waals surface area contributed by atoms with Crippen LogP contribution in [0.1, 0.15) is 49.0 Å². The third-order valence-corrected chi connectivity index (χ3v) is 6.16. The van der Waals surface area contributed by atoms with E-state index in [1.807, 2.05) is 37.3 Å². The fourth-order valence-corrected chi connectivity index (χ4v) is 4.11. The Hall–Kier alpha value is -2.93. The molecule has 0 radical (unpaired) electrons. The van der Waals surface area contributed by atoms with Crippen molar-refractivity contribution in [2.75, 3.05) is 6.26 Å². The van der Waals surface area contributed by atoms with Gasteiger partial charge in [-0.25, -0.2) is 8.42 Å². The number of nitrogens with zero attached hydrogens (tertiary/aromatic N) is 1. The molecular formula is C22H24N2O4S. The predicted octanol–water partition coefficient (Wildman–Crippen LogP) is 3.23. The minimum atomic E-state index is -3.26. The summed E-state index contributed by atoms with van der Waals surface area (Å²) in [6.45, 7) is 3.32. The number of rotatable bonds is 5. The van der Waals surface area contributed by atoms with Gasteiger partial charge in [-0.15, -0.1) is 0 Å². The highest BCUT2D eigenvalue weighted by atomic mass is 32.2. The van der Waals surface area contributed by atoms with Crippen molar-refractivity contribution in [3.8, 4) is 0 Å². The van der Waals surface area contributed by atoms with Crippen LogP contribution in [0, 0.1) is 0 Å². The summed E-state index contributed by atoms with van der Waals surface area (Å²) in [7, 11) is -3.26. The van der Waals surface area contributed by atoms with Gasteiger partial charge in [0.05, 0.1) is 23.4 Å². The van der Waals surface area contributed by atoms with E-state index in [9.17, 15) is 18.0 Å². The van der Waals surface area contributed by atoms with Crippen LogP contribution >= 0.6 is 0 Å². The lowest BCUT2D eigenvalue weighted by Gasteiger charge is -2.32. The van der Waals surface area contributed by atoms with Crippen molar-refractivity contribution >= 4 is 27.7 Å². The average molecular weight is 413 g/mol. The molecule has 0 aliphatic carbocycles. The molecule has 6 nitrogen and oxygen atoms in total. The quantitative estimate of drug-likeness (QED) is 0.817. The van der Waals surface area contributed by atoms with Crippen molar-refractivity contribution in [3.63, 3.8) is 0 Å². The van der Waals surface area contributed by atoms with Crippen LogP contribution in [0.4, 0.5) is 0 Å². The average Bonchev–Trinajstić information content (AvgIpc) is 2.67. The van der Waals surface area contributed by atoms with Crippen LogP contribution in [0.2, 0.25) is 0 Å². The van der Waals surface area contributed by atoms with Gasteiger partial charge < -0.3 is 10.2 Å². The highest BCUT2D eigenvalue weighted by Gasteiger charge is 2.28. The first-order valence-corrected chi connectivity index (χ1v) is 11.2. The van der Waals surface area contributed by atoms with E-state index < -0.39 is 9.84 Å². The van der Waals surface area contributed by atoms with Crippen LogP contribution in [-0.2, 0) is 19.4 Å². The summed E-state index contributed by atoms with van der Waals surface area (Å²) < 4.78 is 23.2. The minimum Gasteiger partial charge on any atom is -0.350 e.